The van der Waals surface area contributed by atoms with Crippen molar-refractivity contribution in [3.05, 3.63) is 29.8 Å². The molecule has 1 aromatic rings. The van der Waals surface area contributed by atoms with E-state index in [1.165, 1.54) is 5.56 Å². The third kappa shape index (κ3) is 6.11. The van der Waals surface area contributed by atoms with Crippen LogP contribution in [0, 0.1) is 0 Å². The summed E-state index contributed by atoms with van der Waals surface area (Å²) < 4.78 is 5.68. The maximum atomic E-state index is 10.2. The Morgan fingerprint density at radius 3 is 2.22 bits per heavy atom. The third-order valence-electron chi connectivity index (χ3n) is 4.34. The molecule has 1 fully saturated rings. The number of ether oxygens (including phenoxy) is 1. The highest BCUT2D eigenvalue weighted by atomic mass is 16.5. The number of hydrogen-bond acceptors (Lipinski definition) is 5. The number of hydrogen-bond donors (Lipinski definition) is 2. The molecule has 1 aliphatic heterocycles. The van der Waals surface area contributed by atoms with Crippen LogP contribution in [0.1, 0.15) is 25.3 Å². The predicted octanol–water partition coefficient (Wildman–Crippen LogP) is 1.16. The smallest absolute Gasteiger partial charge is 0.119 e. The molecule has 1 aromatic carbocycles. The molecule has 1 heterocycles. The van der Waals surface area contributed by atoms with E-state index in [1.807, 2.05) is 12.1 Å². The number of β-amino-alcohol motifs (C(OH)–C–C–N with tert-alkyl or cyclic N) is 2. The SMILES string of the molecule is CC(C)c1ccc(OCC(O)CN2CCN(CCO)CC2)cc1. The lowest BCUT2D eigenvalue weighted by atomic mass is 10.0. The zero-order chi connectivity index (χ0) is 16.7. The van der Waals surface area contributed by atoms with E-state index in [9.17, 15) is 5.11 Å². The van der Waals surface area contributed by atoms with Gasteiger partial charge in [0.2, 0.25) is 0 Å². The summed E-state index contributed by atoms with van der Waals surface area (Å²) in [5, 5.41) is 19.1. The topological polar surface area (TPSA) is 56.2 Å². The van der Waals surface area contributed by atoms with Gasteiger partial charge in [-0.15, -0.1) is 0 Å². The minimum Gasteiger partial charge on any atom is -0.491 e. The van der Waals surface area contributed by atoms with E-state index in [1.54, 1.807) is 0 Å². The van der Waals surface area contributed by atoms with Crippen LogP contribution in [0.25, 0.3) is 0 Å². The van der Waals surface area contributed by atoms with Gasteiger partial charge < -0.3 is 14.9 Å². The van der Waals surface area contributed by atoms with Crippen molar-refractivity contribution in [2.75, 3.05) is 52.5 Å². The Bertz CT molecular complexity index is 442. The molecule has 130 valence electrons. The number of aliphatic hydroxyl groups excluding tert-OH is 2. The Balaban J connectivity index is 1.68. The van der Waals surface area contributed by atoms with E-state index in [4.69, 9.17) is 9.84 Å². The van der Waals surface area contributed by atoms with Crippen molar-refractivity contribution in [2.24, 2.45) is 0 Å². The van der Waals surface area contributed by atoms with Gasteiger partial charge in [0.15, 0.2) is 0 Å². The monoisotopic (exact) mass is 322 g/mol. The van der Waals surface area contributed by atoms with Crippen molar-refractivity contribution < 1.29 is 14.9 Å². The van der Waals surface area contributed by atoms with Gasteiger partial charge in [-0.25, -0.2) is 0 Å². The van der Waals surface area contributed by atoms with Crippen molar-refractivity contribution in [1.29, 1.82) is 0 Å². The summed E-state index contributed by atoms with van der Waals surface area (Å²) in [5.41, 5.74) is 1.29. The molecule has 0 spiro atoms. The average molecular weight is 322 g/mol. The molecule has 1 unspecified atom stereocenters. The normalized spacial score (nSPS) is 18.3. The second-order valence-corrected chi connectivity index (χ2v) is 6.55. The van der Waals surface area contributed by atoms with Gasteiger partial charge in [-0.2, -0.15) is 0 Å². The molecule has 0 bridgehead atoms. The van der Waals surface area contributed by atoms with Gasteiger partial charge in [0.25, 0.3) is 0 Å². The van der Waals surface area contributed by atoms with Gasteiger partial charge in [0.1, 0.15) is 18.5 Å². The first kappa shape index (κ1) is 18.2. The first-order valence-electron chi connectivity index (χ1n) is 8.55. The molecule has 23 heavy (non-hydrogen) atoms. The van der Waals surface area contributed by atoms with Crippen molar-refractivity contribution in [1.82, 2.24) is 9.80 Å². The standard InChI is InChI=1S/C18H30N2O3/c1-15(2)16-3-5-18(6-4-16)23-14-17(22)13-20-9-7-19(8-10-20)11-12-21/h3-6,15,17,21-22H,7-14H2,1-2H3. The predicted molar refractivity (Wildman–Crippen MR) is 92.0 cm³/mol. The van der Waals surface area contributed by atoms with Crippen LogP contribution >= 0.6 is 0 Å². The van der Waals surface area contributed by atoms with Crippen LogP contribution in [0.4, 0.5) is 0 Å². The van der Waals surface area contributed by atoms with Crippen molar-refractivity contribution in [2.45, 2.75) is 25.9 Å². The molecule has 0 amide bonds. The molecule has 0 aromatic heterocycles. The van der Waals surface area contributed by atoms with Crippen molar-refractivity contribution in [3.8, 4) is 5.75 Å². The Morgan fingerprint density at radius 1 is 1.04 bits per heavy atom. The number of piperazine rings is 1. The quantitative estimate of drug-likeness (QED) is 0.752. The summed E-state index contributed by atoms with van der Waals surface area (Å²) in [5.74, 6) is 1.32. The van der Waals surface area contributed by atoms with Gasteiger partial charge in [0, 0.05) is 39.3 Å². The van der Waals surface area contributed by atoms with Gasteiger partial charge in [-0.3, -0.25) is 9.80 Å². The van der Waals surface area contributed by atoms with Crippen LogP contribution in [0.2, 0.25) is 0 Å². The van der Waals surface area contributed by atoms with Crippen LogP contribution in [-0.4, -0.2) is 78.6 Å². The Kier molecular flexibility index (Phi) is 7.30. The van der Waals surface area contributed by atoms with E-state index in [0.29, 0.717) is 19.1 Å². The number of aliphatic hydroxyl groups is 2. The second kappa shape index (κ2) is 9.23. The molecule has 0 radical (unpaired) electrons. The second-order valence-electron chi connectivity index (χ2n) is 6.55. The minimum atomic E-state index is -0.482. The molecule has 5 heteroatoms. The fourth-order valence-electron chi connectivity index (χ4n) is 2.83. The van der Waals surface area contributed by atoms with Gasteiger partial charge in [0.05, 0.1) is 6.61 Å². The lowest BCUT2D eigenvalue weighted by molar-refractivity contribution is 0.0428. The van der Waals surface area contributed by atoms with E-state index in [-0.39, 0.29) is 6.61 Å². The summed E-state index contributed by atoms with van der Waals surface area (Å²) >= 11 is 0. The first-order valence-corrected chi connectivity index (χ1v) is 8.55. The Morgan fingerprint density at radius 2 is 1.65 bits per heavy atom. The summed E-state index contributed by atoms with van der Waals surface area (Å²) in [6.07, 6.45) is -0.482. The molecular weight excluding hydrogens is 292 g/mol. The highest BCUT2D eigenvalue weighted by Crippen LogP contribution is 2.18. The highest BCUT2D eigenvalue weighted by molar-refractivity contribution is 5.28. The summed E-state index contributed by atoms with van der Waals surface area (Å²) in [6, 6.07) is 8.09. The van der Waals surface area contributed by atoms with E-state index < -0.39 is 6.10 Å². The Hall–Kier alpha value is -1.14. The van der Waals surface area contributed by atoms with Crippen LogP contribution in [-0.2, 0) is 0 Å². The zero-order valence-electron chi connectivity index (χ0n) is 14.3. The van der Waals surface area contributed by atoms with Gasteiger partial charge >= 0.3 is 0 Å². The van der Waals surface area contributed by atoms with Gasteiger partial charge in [-0.1, -0.05) is 26.0 Å². The fraction of sp³-hybridized carbons (Fsp3) is 0.667. The van der Waals surface area contributed by atoms with Crippen LogP contribution in [0.15, 0.2) is 24.3 Å². The first-order chi connectivity index (χ1) is 11.1. The molecule has 1 atom stereocenters. The fourth-order valence-corrected chi connectivity index (χ4v) is 2.83. The zero-order valence-corrected chi connectivity index (χ0v) is 14.3. The lowest BCUT2D eigenvalue weighted by Gasteiger charge is -2.35. The van der Waals surface area contributed by atoms with Crippen molar-refractivity contribution in [3.63, 3.8) is 0 Å². The van der Waals surface area contributed by atoms with Crippen LogP contribution < -0.4 is 4.74 Å². The van der Waals surface area contributed by atoms with E-state index in [2.05, 4.69) is 35.8 Å². The number of benzene rings is 1. The molecule has 1 aliphatic rings. The molecule has 0 saturated carbocycles. The maximum Gasteiger partial charge on any atom is 0.119 e. The molecule has 2 rings (SSSR count). The summed E-state index contributed by atoms with van der Waals surface area (Å²) in [7, 11) is 0. The largest absolute Gasteiger partial charge is 0.491 e. The third-order valence-corrected chi connectivity index (χ3v) is 4.34. The van der Waals surface area contributed by atoms with Crippen LogP contribution in [0.3, 0.4) is 0 Å². The van der Waals surface area contributed by atoms with E-state index >= 15 is 0 Å². The van der Waals surface area contributed by atoms with E-state index in [0.717, 1.165) is 38.5 Å². The maximum absolute atomic E-state index is 10.2. The molecule has 5 nitrogen and oxygen atoms in total. The van der Waals surface area contributed by atoms with Gasteiger partial charge in [-0.05, 0) is 23.6 Å². The molecule has 0 aliphatic carbocycles. The van der Waals surface area contributed by atoms with Crippen molar-refractivity contribution >= 4 is 0 Å². The average Bonchev–Trinajstić information content (AvgIpc) is 2.55. The highest BCUT2D eigenvalue weighted by Gasteiger charge is 2.19. The summed E-state index contributed by atoms with van der Waals surface area (Å²) in [6.45, 7) is 10.0. The number of nitrogens with zero attached hydrogens (tertiary/aromatic N) is 2. The summed E-state index contributed by atoms with van der Waals surface area (Å²) in [4.78, 5) is 4.50. The van der Waals surface area contributed by atoms with Crippen LogP contribution in [0.5, 0.6) is 5.75 Å². The molecule has 2 N–H and O–H groups in total. The molecule has 1 saturated heterocycles. The lowest BCUT2D eigenvalue weighted by Crippen LogP contribution is -2.49. The Labute approximate surface area is 139 Å². The minimum absolute atomic E-state index is 0.214. The number of rotatable bonds is 8. The molecular formula is C18H30N2O3.